The molecule has 0 aliphatic rings. The minimum absolute atomic E-state index is 0.0639. The Balaban J connectivity index is 1.53. The largest absolute Gasteiger partial charge is 0.453 e. The highest BCUT2D eigenvalue weighted by Crippen LogP contribution is 2.31. The molecule has 0 atom stereocenters. The second-order valence-electron chi connectivity index (χ2n) is 6.58. The van der Waals surface area contributed by atoms with E-state index >= 15 is 0 Å². The molecule has 0 unspecified atom stereocenters. The van der Waals surface area contributed by atoms with Crippen molar-refractivity contribution < 1.29 is 18.0 Å². The van der Waals surface area contributed by atoms with Gasteiger partial charge in [-0.15, -0.1) is 16.8 Å². The standard InChI is InChI=1S/C21H14Br2F2N4O2S/c1-2-5-29-20(17-7-11-6-12(22)3-4-16(11)31-17)27-28-21(29)32-10-18(30)26-19-14(23)8-13(24)9-15(19)25/h2-4,6-9H,1,5,10H2,(H,26,30). The van der Waals surface area contributed by atoms with Crippen LogP contribution in [0.1, 0.15) is 0 Å². The summed E-state index contributed by atoms with van der Waals surface area (Å²) in [5, 5.41) is 12.2. The summed E-state index contributed by atoms with van der Waals surface area (Å²) >= 11 is 7.61. The molecule has 11 heteroatoms. The maximum absolute atomic E-state index is 14.0. The fourth-order valence-corrected chi connectivity index (χ4v) is 4.60. The molecular weight excluding hydrogens is 570 g/mol. The zero-order valence-corrected chi connectivity index (χ0v) is 20.2. The Morgan fingerprint density at radius 2 is 2.03 bits per heavy atom. The van der Waals surface area contributed by atoms with E-state index in [1.807, 2.05) is 24.3 Å². The summed E-state index contributed by atoms with van der Waals surface area (Å²) in [5.74, 6) is -1.14. The van der Waals surface area contributed by atoms with Crippen molar-refractivity contribution in [3.8, 4) is 11.6 Å². The van der Waals surface area contributed by atoms with Crippen LogP contribution in [0.2, 0.25) is 0 Å². The number of allylic oxidation sites excluding steroid dienone is 1. The van der Waals surface area contributed by atoms with E-state index in [2.05, 4.69) is 54.0 Å². The van der Waals surface area contributed by atoms with Gasteiger partial charge in [0.25, 0.3) is 0 Å². The summed E-state index contributed by atoms with van der Waals surface area (Å²) in [6.07, 6.45) is 1.68. The van der Waals surface area contributed by atoms with Crippen LogP contribution < -0.4 is 5.32 Å². The lowest BCUT2D eigenvalue weighted by Gasteiger charge is -2.09. The van der Waals surface area contributed by atoms with Crippen molar-refractivity contribution in [1.82, 2.24) is 14.8 Å². The van der Waals surface area contributed by atoms with E-state index in [0.29, 0.717) is 34.9 Å². The van der Waals surface area contributed by atoms with Gasteiger partial charge in [0.05, 0.1) is 11.4 Å². The fraction of sp³-hybridized carbons (Fsp3) is 0.0952. The van der Waals surface area contributed by atoms with Crippen LogP contribution in [0, 0.1) is 11.6 Å². The van der Waals surface area contributed by atoms with Crippen LogP contribution >= 0.6 is 43.6 Å². The van der Waals surface area contributed by atoms with Crippen LogP contribution in [0.4, 0.5) is 14.5 Å². The lowest BCUT2D eigenvalue weighted by Crippen LogP contribution is -2.16. The van der Waals surface area contributed by atoms with Gasteiger partial charge < -0.3 is 9.73 Å². The molecule has 0 aliphatic heterocycles. The third kappa shape index (κ3) is 4.79. The molecule has 0 bridgehead atoms. The molecule has 0 fully saturated rings. The second-order valence-corrected chi connectivity index (χ2v) is 9.29. The zero-order valence-electron chi connectivity index (χ0n) is 16.2. The number of carbonyl (C=O) groups is 1. The molecule has 32 heavy (non-hydrogen) atoms. The molecule has 2 aromatic carbocycles. The molecular formula is C21H14Br2F2N4O2S. The number of nitrogens with zero attached hydrogens (tertiary/aromatic N) is 3. The first-order chi connectivity index (χ1) is 15.4. The smallest absolute Gasteiger partial charge is 0.234 e. The Hall–Kier alpha value is -2.50. The minimum Gasteiger partial charge on any atom is -0.453 e. The van der Waals surface area contributed by atoms with E-state index in [0.717, 1.165) is 27.7 Å². The normalized spacial score (nSPS) is 11.1. The number of furan rings is 1. The number of carbonyl (C=O) groups excluding carboxylic acids is 1. The van der Waals surface area contributed by atoms with Gasteiger partial charge in [0, 0.05) is 26.9 Å². The molecule has 0 saturated carbocycles. The number of aromatic nitrogens is 3. The first-order valence-electron chi connectivity index (χ1n) is 9.16. The Morgan fingerprint density at radius 3 is 2.78 bits per heavy atom. The summed E-state index contributed by atoms with van der Waals surface area (Å²) < 4.78 is 35.9. The van der Waals surface area contributed by atoms with E-state index in [4.69, 9.17) is 4.42 Å². The molecule has 164 valence electrons. The topological polar surface area (TPSA) is 73.0 Å². The Bertz CT molecular complexity index is 1320. The molecule has 0 radical (unpaired) electrons. The molecule has 0 spiro atoms. The number of nitrogens with one attached hydrogen (secondary N) is 1. The van der Waals surface area contributed by atoms with E-state index in [9.17, 15) is 13.6 Å². The van der Waals surface area contributed by atoms with E-state index in [1.165, 1.54) is 0 Å². The van der Waals surface area contributed by atoms with Crippen molar-refractivity contribution in [3.63, 3.8) is 0 Å². The minimum atomic E-state index is -0.871. The second kappa shape index (κ2) is 9.55. The number of anilines is 1. The van der Waals surface area contributed by atoms with Crippen LogP contribution in [-0.2, 0) is 11.3 Å². The number of hydrogen-bond donors (Lipinski definition) is 1. The first kappa shape index (κ1) is 22.7. The Labute approximate surface area is 202 Å². The molecule has 0 aliphatic carbocycles. The van der Waals surface area contributed by atoms with E-state index < -0.39 is 17.5 Å². The van der Waals surface area contributed by atoms with Gasteiger partial charge in [0.1, 0.15) is 11.4 Å². The lowest BCUT2D eigenvalue weighted by molar-refractivity contribution is -0.113. The molecule has 6 nitrogen and oxygen atoms in total. The summed E-state index contributed by atoms with van der Waals surface area (Å²) in [6.45, 7) is 4.16. The van der Waals surface area contributed by atoms with Gasteiger partial charge in [0.15, 0.2) is 16.7 Å². The van der Waals surface area contributed by atoms with Gasteiger partial charge in [0.2, 0.25) is 11.7 Å². The van der Waals surface area contributed by atoms with Gasteiger partial charge in [-0.3, -0.25) is 9.36 Å². The average molecular weight is 584 g/mol. The van der Waals surface area contributed by atoms with Crippen molar-refractivity contribution in [2.45, 2.75) is 11.7 Å². The molecule has 1 N–H and O–H groups in total. The predicted molar refractivity (Wildman–Crippen MR) is 127 cm³/mol. The van der Waals surface area contributed by atoms with Gasteiger partial charge in [-0.2, -0.15) is 0 Å². The number of halogens is 4. The molecule has 2 heterocycles. The summed E-state index contributed by atoms with van der Waals surface area (Å²) in [6, 6.07) is 9.30. The molecule has 1 amide bonds. The maximum Gasteiger partial charge on any atom is 0.234 e. The first-order valence-corrected chi connectivity index (χ1v) is 11.7. The number of benzene rings is 2. The van der Waals surface area contributed by atoms with Crippen LogP contribution in [0.3, 0.4) is 0 Å². The van der Waals surface area contributed by atoms with Gasteiger partial charge in [-0.25, -0.2) is 8.78 Å². The van der Waals surface area contributed by atoms with Crippen LogP contribution in [0.15, 0.2) is 67.6 Å². The predicted octanol–water partition coefficient (Wildman–Crippen LogP) is 6.41. The number of fused-ring (bicyclic) bond motifs is 1. The summed E-state index contributed by atoms with van der Waals surface area (Å²) in [7, 11) is 0. The number of rotatable bonds is 7. The maximum atomic E-state index is 14.0. The Kier molecular flexibility index (Phi) is 6.77. The highest BCUT2D eigenvalue weighted by Gasteiger charge is 2.19. The van der Waals surface area contributed by atoms with Gasteiger partial charge in [-0.1, -0.05) is 33.8 Å². The zero-order chi connectivity index (χ0) is 22.8. The molecule has 4 aromatic rings. The highest BCUT2D eigenvalue weighted by atomic mass is 79.9. The van der Waals surface area contributed by atoms with E-state index in [-0.39, 0.29) is 15.9 Å². The number of thioether (sulfide) groups is 1. The summed E-state index contributed by atoms with van der Waals surface area (Å²) in [4.78, 5) is 12.4. The van der Waals surface area contributed by atoms with Crippen molar-refractivity contribution in [3.05, 3.63) is 69.6 Å². The van der Waals surface area contributed by atoms with Crippen molar-refractivity contribution in [2.75, 3.05) is 11.1 Å². The number of hydrogen-bond acceptors (Lipinski definition) is 5. The van der Waals surface area contributed by atoms with Crippen molar-refractivity contribution >= 4 is 66.2 Å². The fourth-order valence-electron chi connectivity index (χ4n) is 2.96. The van der Waals surface area contributed by atoms with Crippen molar-refractivity contribution in [2.24, 2.45) is 0 Å². The van der Waals surface area contributed by atoms with Crippen LogP contribution in [-0.4, -0.2) is 26.4 Å². The quantitative estimate of drug-likeness (QED) is 0.201. The SMILES string of the molecule is C=CCn1c(SCC(=O)Nc2c(F)cc(F)cc2Br)nnc1-c1cc2cc(Br)ccc2o1. The van der Waals surface area contributed by atoms with E-state index in [1.54, 1.807) is 10.6 Å². The Morgan fingerprint density at radius 1 is 1.22 bits per heavy atom. The third-order valence-electron chi connectivity index (χ3n) is 4.33. The molecule has 4 rings (SSSR count). The van der Waals surface area contributed by atoms with Crippen molar-refractivity contribution in [1.29, 1.82) is 0 Å². The van der Waals surface area contributed by atoms with Crippen LogP contribution in [0.5, 0.6) is 0 Å². The van der Waals surface area contributed by atoms with Gasteiger partial charge >= 0.3 is 0 Å². The molecule has 2 aromatic heterocycles. The highest BCUT2D eigenvalue weighted by molar-refractivity contribution is 9.10. The average Bonchev–Trinajstić information content (AvgIpc) is 3.32. The van der Waals surface area contributed by atoms with Crippen LogP contribution in [0.25, 0.3) is 22.6 Å². The lowest BCUT2D eigenvalue weighted by atomic mass is 10.2. The monoisotopic (exact) mass is 582 g/mol. The third-order valence-corrected chi connectivity index (χ3v) is 6.42. The summed E-state index contributed by atoms with van der Waals surface area (Å²) in [5.41, 5.74) is 0.579. The molecule has 0 saturated heterocycles. The van der Waals surface area contributed by atoms with Gasteiger partial charge in [-0.05, 0) is 46.3 Å². The number of amides is 1.